The zero-order valence-corrected chi connectivity index (χ0v) is 12.8. The number of nitrogens with one attached hydrogen (secondary N) is 2. The Morgan fingerprint density at radius 2 is 2.00 bits per heavy atom. The third-order valence-electron chi connectivity index (χ3n) is 2.88. The van der Waals surface area contributed by atoms with Gasteiger partial charge in [0.05, 0.1) is 6.61 Å². The first-order valence-corrected chi connectivity index (χ1v) is 6.62. The molecule has 21 heavy (non-hydrogen) atoms. The lowest BCUT2D eigenvalue weighted by Gasteiger charge is -2.27. The number of methoxy groups -OCH3 is 1. The monoisotopic (exact) mass is 294 g/mol. The van der Waals surface area contributed by atoms with Crippen molar-refractivity contribution in [2.45, 2.75) is 33.4 Å². The minimum Gasteiger partial charge on any atom is -0.480 e. The van der Waals surface area contributed by atoms with Crippen molar-refractivity contribution in [2.75, 3.05) is 12.4 Å². The van der Waals surface area contributed by atoms with E-state index in [2.05, 4.69) is 10.6 Å². The van der Waals surface area contributed by atoms with Gasteiger partial charge in [-0.3, -0.25) is 0 Å². The molecule has 2 amide bonds. The van der Waals surface area contributed by atoms with Crippen molar-refractivity contribution in [3.05, 3.63) is 29.8 Å². The number of carboxylic acid groups (broad SMARTS) is 1. The Kier molecular flexibility index (Phi) is 5.72. The van der Waals surface area contributed by atoms with E-state index in [1.165, 1.54) is 0 Å². The van der Waals surface area contributed by atoms with Crippen molar-refractivity contribution in [3.8, 4) is 0 Å². The number of carboxylic acids is 1. The summed E-state index contributed by atoms with van der Waals surface area (Å²) in [6, 6.07) is 5.65. The molecule has 6 nitrogen and oxygen atoms in total. The quantitative estimate of drug-likeness (QED) is 0.778. The summed E-state index contributed by atoms with van der Waals surface area (Å²) in [6.07, 6.45) is 0. The van der Waals surface area contributed by atoms with Crippen LogP contribution in [0.5, 0.6) is 0 Å². The number of hydrogen-bond donors (Lipinski definition) is 3. The van der Waals surface area contributed by atoms with Crippen LogP contribution in [0.3, 0.4) is 0 Å². The van der Waals surface area contributed by atoms with Gasteiger partial charge in [-0.25, -0.2) is 9.59 Å². The summed E-state index contributed by atoms with van der Waals surface area (Å²) in [4.78, 5) is 23.1. The molecule has 0 saturated carbocycles. The van der Waals surface area contributed by atoms with Gasteiger partial charge in [0.1, 0.15) is 6.04 Å². The van der Waals surface area contributed by atoms with Gasteiger partial charge >= 0.3 is 12.0 Å². The third kappa shape index (κ3) is 5.43. The molecule has 1 atom stereocenters. The molecule has 0 radical (unpaired) electrons. The number of ether oxygens (including phenoxy) is 1. The maximum atomic E-state index is 11.9. The Bertz CT molecular complexity index is 509. The molecule has 0 unspecified atom stereocenters. The highest BCUT2D eigenvalue weighted by molar-refractivity contribution is 5.92. The van der Waals surface area contributed by atoms with Crippen LogP contribution in [0.1, 0.15) is 26.3 Å². The number of urea groups is 1. The minimum atomic E-state index is -1.06. The molecular formula is C15H22N2O4. The van der Waals surface area contributed by atoms with Gasteiger partial charge in [0.2, 0.25) is 0 Å². The van der Waals surface area contributed by atoms with E-state index in [-0.39, 0.29) is 0 Å². The molecule has 1 aromatic rings. The van der Waals surface area contributed by atoms with Crippen molar-refractivity contribution in [1.82, 2.24) is 5.32 Å². The summed E-state index contributed by atoms with van der Waals surface area (Å²) in [6.45, 7) is 5.71. The maximum absolute atomic E-state index is 11.9. The first-order chi connectivity index (χ1) is 9.74. The Morgan fingerprint density at radius 3 is 2.52 bits per heavy atom. The molecule has 1 rings (SSSR count). The molecule has 1 aromatic carbocycles. The summed E-state index contributed by atoms with van der Waals surface area (Å²) >= 11 is 0. The van der Waals surface area contributed by atoms with Gasteiger partial charge < -0.3 is 20.5 Å². The second-order valence-corrected chi connectivity index (χ2v) is 5.87. The molecule has 3 N–H and O–H groups in total. The standard InChI is InChI=1S/C15H22N2O4/c1-15(2,3)12(13(18)19)17-14(20)16-11-7-5-6-10(8-11)9-21-4/h5-8,12H,9H2,1-4H3,(H,18,19)(H2,16,17,20)/t12-/m0/s1. The van der Waals surface area contributed by atoms with Crippen LogP contribution < -0.4 is 10.6 Å². The van der Waals surface area contributed by atoms with Crippen molar-refractivity contribution in [1.29, 1.82) is 0 Å². The molecule has 0 bridgehead atoms. The lowest BCUT2D eigenvalue weighted by molar-refractivity contribution is -0.141. The summed E-state index contributed by atoms with van der Waals surface area (Å²) in [5.41, 5.74) is 0.919. The fraction of sp³-hybridized carbons (Fsp3) is 0.467. The number of aliphatic carboxylic acids is 1. The highest BCUT2D eigenvalue weighted by Gasteiger charge is 2.32. The third-order valence-corrected chi connectivity index (χ3v) is 2.88. The smallest absolute Gasteiger partial charge is 0.326 e. The zero-order valence-electron chi connectivity index (χ0n) is 12.8. The van der Waals surface area contributed by atoms with Gasteiger partial charge in [-0.05, 0) is 23.1 Å². The number of carbonyl (C=O) groups is 2. The van der Waals surface area contributed by atoms with E-state index in [1.807, 2.05) is 6.07 Å². The normalized spacial score (nSPS) is 12.6. The van der Waals surface area contributed by atoms with Crippen LogP contribution in [0.2, 0.25) is 0 Å². The van der Waals surface area contributed by atoms with Crippen LogP contribution in [-0.4, -0.2) is 30.3 Å². The zero-order chi connectivity index (χ0) is 16.0. The fourth-order valence-corrected chi connectivity index (χ4v) is 1.85. The van der Waals surface area contributed by atoms with E-state index in [0.29, 0.717) is 12.3 Å². The van der Waals surface area contributed by atoms with Gasteiger partial charge in [-0.1, -0.05) is 32.9 Å². The van der Waals surface area contributed by atoms with Crippen LogP contribution >= 0.6 is 0 Å². The average Bonchev–Trinajstić information content (AvgIpc) is 2.35. The Hall–Kier alpha value is -2.08. The molecule has 0 aliphatic rings. The van der Waals surface area contributed by atoms with Gasteiger partial charge in [0.15, 0.2) is 0 Å². The number of rotatable bonds is 5. The van der Waals surface area contributed by atoms with E-state index in [1.54, 1.807) is 46.1 Å². The lowest BCUT2D eigenvalue weighted by atomic mass is 9.87. The van der Waals surface area contributed by atoms with Crippen molar-refractivity contribution >= 4 is 17.7 Å². The van der Waals surface area contributed by atoms with Crippen LogP contribution in [0.25, 0.3) is 0 Å². The molecule has 0 aromatic heterocycles. The number of benzene rings is 1. The van der Waals surface area contributed by atoms with Crippen LogP contribution in [-0.2, 0) is 16.1 Å². The molecule has 116 valence electrons. The summed E-state index contributed by atoms with van der Waals surface area (Å²) in [7, 11) is 1.59. The molecule has 6 heteroatoms. The maximum Gasteiger partial charge on any atom is 0.326 e. The predicted octanol–water partition coefficient (Wildman–Crippen LogP) is 2.45. The van der Waals surface area contributed by atoms with E-state index in [4.69, 9.17) is 4.74 Å². The molecule has 0 spiro atoms. The first-order valence-electron chi connectivity index (χ1n) is 6.62. The summed E-state index contributed by atoms with van der Waals surface area (Å²) in [5.74, 6) is -1.06. The number of carbonyl (C=O) groups excluding carboxylic acids is 1. The summed E-state index contributed by atoms with van der Waals surface area (Å²) < 4.78 is 5.02. The number of anilines is 1. The van der Waals surface area contributed by atoms with E-state index < -0.39 is 23.5 Å². The van der Waals surface area contributed by atoms with Crippen molar-refractivity contribution < 1.29 is 19.4 Å². The summed E-state index contributed by atoms with van der Waals surface area (Å²) in [5, 5.41) is 14.3. The lowest BCUT2D eigenvalue weighted by Crippen LogP contribution is -2.50. The average molecular weight is 294 g/mol. The Balaban J connectivity index is 2.72. The molecule has 0 aliphatic carbocycles. The van der Waals surface area contributed by atoms with Gasteiger partial charge in [-0.2, -0.15) is 0 Å². The van der Waals surface area contributed by atoms with E-state index in [0.717, 1.165) is 5.56 Å². The van der Waals surface area contributed by atoms with E-state index in [9.17, 15) is 14.7 Å². The molecular weight excluding hydrogens is 272 g/mol. The number of amides is 2. The molecule has 0 saturated heterocycles. The molecule has 0 aliphatic heterocycles. The fourth-order valence-electron chi connectivity index (χ4n) is 1.85. The topological polar surface area (TPSA) is 87.7 Å². The Morgan fingerprint density at radius 1 is 1.33 bits per heavy atom. The largest absolute Gasteiger partial charge is 0.480 e. The molecule has 0 fully saturated rings. The SMILES string of the molecule is COCc1cccc(NC(=O)N[C@@H](C(=O)O)C(C)(C)C)c1. The van der Waals surface area contributed by atoms with Crippen LogP contribution in [0.15, 0.2) is 24.3 Å². The van der Waals surface area contributed by atoms with Crippen LogP contribution in [0.4, 0.5) is 10.5 Å². The highest BCUT2D eigenvalue weighted by atomic mass is 16.5. The molecule has 0 heterocycles. The number of hydrogen-bond acceptors (Lipinski definition) is 3. The predicted molar refractivity (Wildman–Crippen MR) is 80.2 cm³/mol. The van der Waals surface area contributed by atoms with Gasteiger partial charge in [0, 0.05) is 12.8 Å². The van der Waals surface area contributed by atoms with Gasteiger partial charge in [0.25, 0.3) is 0 Å². The van der Waals surface area contributed by atoms with E-state index >= 15 is 0 Å². The first kappa shape index (κ1) is 17.0. The second kappa shape index (κ2) is 7.08. The highest BCUT2D eigenvalue weighted by Crippen LogP contribution is 2.19. The second-order valence-electron chi connectivity index (χ2n) is 5.87. The Labute approximate surface area is 124 Å². The minimum absolute atomic E-state index is 0.441. The van der Waals surface area contributed by atoms with Crippen molar-refractivity contribution in [2.24, 2.45) is 5.41 Å². The van der Waals surface area contributed by atoms with Gasteiger partial charge in [-0.15, -0.1) is 0 Å². The van der Waals surface area contributed by atoms with Crippen LogP contribution in [0, 0.1) is 5.41 Å². The van der Waals surface area contributed by atoms with Crippen molar-refractivity contribution in [3.63, 3.8) is 0 Å².